The van der Waals surface area contributed by atoms with Crippen LogP contribution in [0.3, 0.4) is 0 Å². The van der Waals surface area contributed by atoms with E-state index in [1.165, 1.54) is 0 Å². The van der Waals surface area contributed by atoms with Crippen LogP contribution in [0.4, 0.5) is 0 Å². The molecule has 1 saturated carbocycles. The zero-order chi connectivity index (χ0) is 13.9. The van der Waals surface area contributed by atoms with Crippen molar-refractivity contribution in [3.63, 3.8) is 0 Å². The molecule has 2 N–H and O–H groups in total. The topological polar surface area (TPSA) is 58.6 Å². The Hall–Kier alpha value is -1.55. The minimum absolute atomic E-state index is 0.00850. The third-order valence-electron chi connectivity index (χ3n) is 4.32. The predicted octanol–water partition coefficient (Wildman–Crippen LogP) is 1.90. The summed E-state index contributed by atoms with van der Waals surface area (Å²) in [4.78, 5) is 12.2. The first kappa shape index (κ1) is 13.4. The Balaban J connectivity index is 1.54. The molecule has 4 heteroatoms. The molecular weight excluding hydrogens is 254 g/mol. The molecule has 3 rings (SSSR count). The Morgan fingerprint density at radius 1 is 1.30 bits per heavy atom. The van der Waals surface area contributed by atoms with Crippen LogP contribution >= 0.6 is 0 Å². The first-order chi connectivity index (χ1) is 9.72. The molecule has 1 aliphatic heterocycles. The summed E-state index contributed by atoms with van der Waals surface area (Å²) in [5.74, 6) is 1.40. The summed E-state index contributed by atoms with van der Waals surface area (Å²) in [5, 5.41) is 12.5. The number of aliphatic hydroxyl groups is 1. The molecular formula is C16H21NO3. The maximum absolute atomic E-state index is 12.2. The van der Waals surface area contributed by atoms with E-state index in [1.54, 1.807) is 0 Å². The first-order valence-corrected chi connectivity index (χ1v) is 7.44. The molecule has 1 aromatic rings. The number of aliphatic hydroxyl groups excluding tert-OH is 1. The van der Waals surface area contributed by atoms with E-state index in [4.69, 9.17) is 4.74 Å². The molecule has 0 radical (unpaired) electrons. The molecule has 0 aromatic heterocycles. The summed E-state index contributed by atoms with van der Waals surface area (Å²) in [7, 11) is 0. The highest BCUT2D eigenvalue weighted by molar-refractivity contribution is 5.94. The van der Waals surface area contributed by atoms with Crippen molar-refractivity contribution in [1.82, 2.24) is 5.32 Å². The molecule has 0 spiro atoms. The van der Waals surface area contributed by atoms with Crippen molar-refractivity contribution in [3.05, 3.63) is 29.3 Å². The van der Waals surface area contributed by atoms with E-state index in [2.05, 4.69) is 5.32 Å². The van der Waals surface area contributed by atoms with E-state index in [0.717, 1.165) is 43.4 Å². The van der Waals surface area contributed by atoms with Crippen LogP contribution in [0, 0.1) is 5.92 Å². The van der Waals surface area contributed by atoms with Crippen LogP contribution < -0.4 is 10.1 Å². The molecule has 1 aromatic carbocycles. The average Bonchev–Trinajstić information content (AvgIpc) is 2.93. The molecule has 0 saturated heterocycles. The van der Waals surface area contributed by atoms with Gasteiger partial charge in [0.2, 0.25) is 0 Å². The summed E-state index contributed by atoms with van der Waals surface area (Å²) in [6.07, 6.45) is 4.46. The van der Waals surface area contributed by atoms with Crippen molar-refractivity contribution in [2.45, 2.75) is 38.2 Å². The van der Waals surface area contributed by atoms with Crippen LogP contribution in [0.15, 0.2) is 18.2 Å². The van der Waals surface area contributed by atoms with E-state index in [9.17, 15) is 9.90 Å². The summed E-state index contributed by atoms with van der Waals surface area (Å²) >= 11 is 0. The Morgan fingerprint density at radius 3 is 2.90 bits per heavy atom. The minimum atomic E-state index is -0.140. The lowest BCUT2D eigenvalue weighted by Crippen LogP contribution is -2.32. The second-order valence-electron chi connectivity index (χ2n) is 5.81. The number of ether oxygens (including phenoxy) is 1. The van der Waals surface area contributed by atoms with Crippen molar-refractivity contribution in [3.8, 4) is 5.75 Å². The highest BCUT2D eigenvalue weighted by Crippen LogP contribution is 2.26. The lowest BCUT2D eigenvalue weighted by molar-refractivity contribution is 0.0910. The van der Waals surface area contributed by atoms with Crippen LogP contribution in [0.2, 0.25) is 0 Å². The van der Waals surface area contributed by atoms with Gasteiger partial charge in [0, 0.05) is 18.5 Å². The van der Waals surface area contributed by atoms with Gasteiger partial charge in [-0.2, -0.15) is 0 Å². The van der Waals surface area contributed by atoms with Gasteiger partial charge < -0.3 is 15.2 Å². The molecule has 0 unspecified atom stereocenters. The SMILES string of the molecule is O=C(NCC1CCC(O)CC1)c1ccc2c(c1)CCO2. The maximum atomic E-state index is 12.2. The normalized spacial score (nSPS) is 24.9. The molecule has 2 aliphatic rings. The lowest BCUT2D eigenvalue weighted by Gasteiger charge is -2.25. The van der Waals surface area contributed by atoms with Gasteiger partial charge in [-0.1, -0.05) is 0 Å². The van der Waals surface area contributed by atoms with Gasteiger partial charge >= 0.3 is 0 Å². The van der Waals surface area contributed by atoms with Gasteiger partial charge in [0.05, 0.1) is 12.7 Å². The van der Waals surface area contributed by atoms with Gasteiger partial charge in [0.1, 0.15) is 5.75 Å². The number of amides is 1. The minimum Gasteiger partial charge on any atom is -0.493 e. The van der Waals surface area contributed by atoms with Crippen LogP contribution in [-0.4, -0.2) is 30.3 Å². The summed E-state index contributed by atoms with van der Waals surface area (Å²) in [5.41, 5.74) is 1.84. The number of rotatable bonds is 3. The Morgan fingerprint density at radius 2 is 2.10 bits per heavy atom. The number of carbonyl (C=O) groups is 1. The Bertz CT molecular complexity index is 492. The predicted molar refractivity (Wildman–Crippen MR) is 75.9 cm³/mol. The molecule has 0 atom stereocenters. The second-order valence-corrected chi connectivity index (χ2v) is 5.81. The van der Waals surface area contributed by atoms with Gasteiger partial charge in [-0.25, -0.2) is 0 Å². The fourth-order valence-corrected chi connectivity index (χ4v) is 3.02. The molecule has 1 heterocycles. The third kappa shape index (κ3) is 2.96. The van der Waals surface area contributed by atoms with Crippen molar-refractivity contribution < 1.29 is 14.6 Å². The fraction of sp³-hybridized carbons (Fsp3) is 0.562. The molecule has 20 heavy (non-hydrogen) atoms. The molecule has 0 bridgehead atoms. The maximum Gasteiger partial charge on any atom is 0.251 e. The smallest absolute Gasteiger partial charge is 0.251 e. The molecule has 1 aliphatic carbocycles. The van der Waals surface area contributed by atoms with E-state index in [0.29, 0.717) is 24.6 Å². The van der Waals surface area contributed by atoms with Gasteiger partial charge in [-0.3, -0.25) is 4.79 Å². The standard InChI is InChI=1S/C16H21NO3/c18-14-4-1-11(2-5-14)10-17-16(19)13-3-6-15-12(9-13)7-8-20-15/h3,6,9,11,14,18H,1-2,4-5,7-8,10H2,(H,17,19). The third-order valence-corrected chi connectivity index (χ3v) is 4.32. The van der Waals surface area contributed by atoms with Gasteiger partial charge in [-0.15, -0.1) is 0 Å². The van der Waals surface area contributed by atoms with E-state index in [-0.39, 0.29) is 12.0 Å². The summed E-state index contributed by atoms with van der Waals surface area (Å²) in [6.45, 7) is 1.42. The fourth-order valence-electron chi connectivity index (χ4n) is 3.02. The monoisotopic (exact) mass is 275 g/mol. The molecule has 4 nitrogen and oxygen atoms in total. The Kier molecular flexibility index (Phi) is 3.92. The molecule has 108 valence electrons. The summed E-state index contributed by atoms with van der Waals surface area (Å²) < 4.78 is 5.44. The van der Waals surface area contributed by atoms with Gasteiger partial charge in [0.15, 0.2) is 0 Å². The van der Waals surface area contributed by atoms with Gasteiger partial charge in [-0.05, 0) is 55.4 Å². The number of hydrogen-bond donors (Lipinski definition) is 2. The number of nitrogens with one attached hydrogen (secondary N) is 1. The summed E-state index contributed by atoms with van der Waals surface area (Å²) in [6, 6.07) is 5.64. The van der Waals surface area contributed by atoms with Crippen LogP contribution in [0.5, 0.6) is 5.75 Å². The number of fused-ring (bicyclic) bond motifs is 1. The molecule has 1 amide bonds. The van der Waals surface area contributed by atoms with Crippen LogP contribution in [0.25, 0.3) is 0 Å². The zero-order valence-electron chi connectivity index (χ0n) is 11.6. The van der Waals surface area contributed by atoms with E-state index >= 15 is 0 Å². The quantitative estimate of drug-likeness (QED) is 0.886. The van der Waals surface area contributed by atoms with Crippen LogP contribution in [-0.2, 0) is 6.42 Å². The van der Waals surface area contributed by atoms with E-state index in [1.807, 2.05) is 18.2 Å². The second kappa shape index (κ2) is 5.83. The largest absolute Gasteiger partial charge is 0.493 e. The number of benzene rings is 1. The highest BCUT2D eigenvalue weighted by Gasteiger charge is 2.20. The van der Waals surface area contributed by atoms with E-state index < -0.39 is 0 Å². The number of hydrogen-bond acceptors (Lipinski definition) is 3. The van der Waals surface area contributed by atoms with Crippen molar-refractivity contribution in [1.29, 1.82) is 0 Å². The zero-order valence-corrected chi connectivity index (χ0v) is 11.6. The first-order valence-electron chi connectivity index (χ1n) is 7.44. The van der Waals surface area contributed by atoms with Crippen LogP contribution in [0.1, 0.15) is 41.6 Å². The Labute approximate surface area is 119 Å². The average molecular weight is 275 g/mol. The number of carbonyl (C=O) groups excluding carboxylic acids is 1. The van der Waals surface area contributed by atoms with Crippen molar-refractivity contribution in [2.75, 3.05) is 13.2 Å². The lowest BCUT2D eigenvalue weighted by atomic mass is 9.87. The van der Waals surface area contributed by atoms with Crippen molar-refractivity contribution >= 4 is 5.91 Å². The van der Waals surface area contributed by atoms with Crippen molar-refractivity contribution in [2.24, 2.45) is 5.92 Å². The van der Waals surface area contributed by atoms with Gasteiger partial charge in [0.25, 0.3) is 5.91 Å². The molecule has 1 fully saturated rings. The highest BCUT2D eigenvalue weighted by atomic mass is 16.5.